The van der Waals surface area contributed by atoms with Gasteiger partial charge in [0, 0.05) is 10.0 Å². The first-order chi connectivity index (χ1) is 8.79. The zero-order valence-electron chi connectivity index (χ0n) is 9.58. The highest BCUT2D eigenvalue weighted by atomic mass is 79.9. The van der Waals surface area contributed by atoms with E-state index in [0.717, 1.165) is 6.07 Å². The summed E-state index contributed by atoms with van der Waals surface area (Å²) in [7, 11) is 0. The maximum absolute atomic E-state index is 12.8. The van der Waals surface area contributed by atoms with Crippen LogP contribution in [0.2, 0.25) is 0 Å². The standard InChI is InChI=1S/C11H8BrF3N2O2/c1-5-9(16-17-10(18)19-5)6-2-3-8(12)7(4-6)11(13,14)15/h2-5H,1H3,(H,17,18)/t5-/m0/s1. The molecule has 8 heteroatoms. The monoisotopic (exact) mass is 336 g/mol. The van der Waals surface area contributed by atoms with Crippen molar-refractivity contribution in [3.8, 4) is 0 Å². The number of benzene rings is 1. The molecule has 0 saturated carbocycles. The number of nitrogens with zero attached hydrogens (tertiary/aromatic N) is 1. The summed E-state index contributed by atoms with van der Waals surface area (Å²) in [5, 5.41) is 3.72. The van der Waals surface area contributed by atoms with E-state index in [2.05, 4.69) is 26.5 Å². The maximum Gasteiger partial charge on any atom is 0.428 e. The molecular formula is C11H8BrF3N2O2. The van der Waals surface area contributed by atoms with Gasteiger partial charge in [0.05, 0.1) is 5.56 Å². The highest BCUT2D eigenvalue weighted by molar-refractivity contribution is 9.10. The lowest BCUT2D eigenvalue weighted by Crippen LogP contribution is -2.37. The van der Waals surface area contributed by atoms with Crippen molar-refractivity contribution < 1.29 is 22.7 Å². The van der Waals surface area contributed by atoms with Crippen molar-refractivity contribution >= 4 is 27.7 Å². The summed E-state index contributed by atoms with van der Waals surface area (Å²) in [6.07, 6.45) is -5.92. The van der Waals surface area contributed by atoms with Crippen molar-refractivity contribution in [3.63, 3.8) is 0 Å². The molecule has 1 N–H and O–H groups in total. The van der Waals surface area contributed by atoms with Crippen molar-refractivity contribution in [2.75, 3.05) is 0 Å². The number of carbonyl (C=O) groups excluding carboxylic acids is 1. The smallest absolute Gasteiger partial charge is 0.428 e. The molecule has 0 spiro atoms. The SMILES string of the molecule is C[C@@H]1OC(=O)NN=C1c1ccc(Br)c(C(F)(F)F)c1. The van der Waals surface area contributed by atoms with Crippen LogP contribution in [0.4, 0.5) is 18.0 Å². The topological polar surface area (TPSA) is 50.7 Å². The predicted octanol–water partition coefficient (Wildman–Crippen LogP) is 3.30. The van der Waals surface area contributed by atoms with Crippen LogP contribution in [-0.4, -0.2) is 17.9 Å². The molecule has 0 radical (unpaired) electrons. The van der Waals surface area contributed by atoms with Crippen LogP contribution >= 0.6 is 15.9 Å². The molecule has 1 aromatic carbocycles. The van der Waals surface area contributed by atoms with Crippen molar-refractivity contribution in [1.29, 1.82) is 0 Å². The fraction of sp³-hybridized carbons (Fsp3) is 0.273. The Kier molecular flexibility index (Phi) is 3.53. The van der Waals surface area contributed by atoms with E-state index in [9.17, 15) is 18.0 Å². The molecule has 19 heavy (non-hydrogen) atoms. The molecule has 1 heterocycles. The number of cyclic esters (lactones) is 1. The average molecular weight is 337 g/mol. The Morgan fingerprint density at radius 1 is 1.42 bits per heavy atom. The van der Waals surface area contributed by atoms with Gasteiger partial charge in [-0.15, -0.1) is 0 Å². The Morgan fingerprint density at radius 3 is 2.68 bits per heavy atom. The molecule has 1 atom stereocenters. The third kappa shape index (κ3) is 2.89. The molecule has 2 rings (SSSR count). The normalized spacial score (nSPS) is 19.5. The number of amides is 1. The van der Waals surface area contributed by atoms with Gasteiger partial charge in [-0.25, -0.2) is 10.2 Å². The van der Waals surface area contributed by atoms with Gasteiger partial charge in [0.25, 0.3) is 0 Å². The molecule has 0 aliphatic carbocycles. The van der Waals surface area contributed by atoms with E-state index in [1.165, 1.54) is 19.1 Å². The summed E-state index contributed by atoms with van der Waals surface area (Å²) >= 11 is 2.85. The number of hydrazone groups is 1. The molecule has 1 aliphatic heterocycles. The van der Waals surface area contributed by atoms with Gasteiger partial charge in [-0.05, 0) is 19.1 Å². The number of hydrogen-bond donors (Lipinski definition) is 1. The van der Waals surface area contributed by atoms with Gasteiger partial charge in [0.2, 0.25) is 0 Å². The van der Waals surface area contributed by atoms with Crippen LogP contribution in [0.1, 0.15) is 18.1 Å². The largest absolute Gasteiger partial charge is 0.439 e. The van der Waals surface area contributed by atoms with E-state index in [0.29, 0.717) is 0 Å². The van der Waals surface area contributed by atoms with E-state index < -0.39 is 23.9 Å². The van der Waals surface area contributed by atoms with Crippen LogP contribution in [0.3, 0.4) is 0 Å². The summed E-state index contributed by atoms with van der Waals surface area (Å²) in [6, 6.07) is 3.71. The van der Waals surface area contributed by atoms with E-state index in [1.54, 1.807) is 0 Å². The number of ether oxygens (including phenoxy) is 1. The van der Waals surface area contributed by atoms with Gasteiger partial charge in [-0.2, -0.15) is 18.3 Å². The van der Waals surface area contributed by atoms with Gasteiger partial charge in [-0.1, -0.05) is 22.0 Å². The zero-order valence-corrected chi connectivity index (χ0v) is 11.2. The molecule has 0 unspecified atom stereocenters. The number of alkyl halides is 3. The Balaban J connectivity index is 2.45. The minimum absolute atomic E-state index is 0.0576. The molecule has 0 aromatic heterocycles. The average Bonchev–Trinajstić information content (AvgIpc) is 2.29. The molecule has 102 valence electrons. The fourth-order valence-corrected chi connectivity index (χ4v) is 2.11. The van der Waals surface area contributed by atoms with E-state index in [4.69, 9.17) is 4.74 Å². The van der Waals surface area contributed by atoms with Crippen molar-refractivity contribution in [3.05, 3.63) is 33.8 Å². The first-order valence-corrected chi connectivity index (χ1v) is 5.99. The summed E-state index contributed by atoms with van der Waals surface area (Å²) in [4.78, 5) is 10.9. The van der Waals surface area contributed by atoms with E-state index in [1.807, 2.05) is 0 Å². The summed E-state index contributed by atoms with van der Waals surface area (Å²) in [6.45, 7) is 1.53. The minimum atomic E-state index is -4.47. The lowest BCUT2D eigenvalue weighted by molar-refractivity contribution is -0.138. The zero-order chi connectivity index (χ0) is 14.2. The van der Waals surface area contributed by atoms with Crippen molar-refractivity contribution in [2.24, 2.45) is 5.10 Å². The number of halogens is 4. The van der Waals surface area contributed by atoms with Crippen LogP contribution in [0, 0.1) is 0 Å². The fourth-order valence-electron chi connectivity index (χ4n) is 1.64. The molecule has 1 aromatic rings. The van der Waals surface area contributed by atoms with E-state index in [-0.39, 0.29) is 15.7 Å². The Morgan fingerprint density at radius 2 is 2.11 bits per heavy atom. The minimum Gasteiger partial charge on any atom is -0.439 e. The van der Waals surface area contributed by atoms with Crippen LogP contribution in [0.15, 0.2) is 27.8 Å². The van der Waals surface area contributed by atoms with Crippen LogP contribution in [0.25, 0.3) is 0 Å². The van der Waals surface area contributed by atoms with Crippen LogP contribution in [0.5, 0.6) is 0 Å². The van der Waals surface area contributed by atoms with Crippen LogP contribution < -0.4 is 5.43 Å². The molecule has 1 aliphatic rings. The molecular weight excluding hydrogens is 329 g/mol. The highest BCUT2D eigenvalue weighted by Gasteiger charge is 2.34. The summed E-state index contributed by atoms with van der Waals surface area (Å²) < 4.78 is 43.1. The lowest BCUT2D eigenvalue weighted by atomic mass is 10.0. The second-order valence-corrected chi connectivity index (χ2v) is 4.70. The Labute approximate surface area is 114 Å². The van der Waals surface area contributed by atoms with Gasteiger partial charge in [0.15, 0.2) is 0 Å². The van der Waals surface area contributed by atoms with Gasteiger partial charge < -0.3 is 4.74 Å². The lowest BCUT2D eigenvalue weighted by Gasteiger charge is -2.21. The third-order valence-electron chi connectivity index (χ3n) is 2.50. The van der Waals surface area contributed by atoms with Crippen LogP contribution in [-0.2, 0) is 10.9 Å². The number of hydrogen-bond acceptors (Lipinski definition) is 3. The van der Waals surface area contributed by atoms with Gasteiger partial charge in [0.1, 0.15) is 11.8 Å². The maximum atomic E-state index is 12.8. The predicted molar refractivity (Wildman–Crippen MR) is 64.8 cm³/mol. The summed E-state index contributed by atoms with van der Waals surface area (Å²) in [5.74, 6) is 0. The molecule has 0 bridgehead atoms. The number of carbonyl (C=O) groups is 1. The first-order valence-electron chi connectivity index (χ1n) is 5.20. The van der Waals surface area contributed by atoms with Gasteiger partial charge in [-0.3, -0.25) is 0 Å². The second-order valence-electron chi connectivity index (χ2n) is 3.85. The molecule has 4 nitrogen and oxygen atoms in total. The Bertz CT molecular complexity index is 557. The quantitative estimate of drug-likeness (QED) is 0.855. The van der Waals surface area contributed by atoms with E-state index >= 15 is 0 Å². The number of rotatable bonds is 1. The highest BCUT2D eigenvalue weighted by Crippen LogP contribution is 2.35. The number of nitrogens with one attached hydrogen (secondary N) is 1. The first kappa shape index (κ1) is 13.9. The molecule has 0 fully saturated rings. The third-order valence-corrected chi connectivity index (χ3v) is 3.20. The van der Waals surface area contributed by atoms with Crippen molar-refractivity contribution in [1.82, 2.24) is 5.43 Å². The summed E-state index contributed by atoms with van der Waals surface area (Å²) in [5.41, 5.74) is 1.73. The van der Waals surface area contributed by atoms with Crippen molar-refractivity contribution in [2.45, 2.75) is 19.2 Å². The molecule has 1 amide bonds. The van der Waals surface area contributed by atoms with Gasteiger partial charge >= 0.3 is 12.3 Å². The molecule has 0 saturated heterocycles. The second kappa shape index (κ2) is 4.84. The Hall–Kier alpha value is -1.57.